The lowest BCUT2D eigenvalue weighted by molar-refractivity contribution is -0.113. The SMILES string of the molecule is Cc1ccc(Cl)cc1NC(=O)CSc1nnc(CN2CCOCC2)n1-c1ccccc1. The van der Waals surface area contributed by atoms with Crippen LogP contribution in [-0.2, 0) is 16.1 Å². The fourth-order valence-corrected chi connectivity index (χ4v) is 4.28. The van der Waals surface area contributed by atoms with Crippen LogP contribution in [-0.4, -0.2) is 57.6 Å². The Kier molecular flexibility index (Phi) is 7.24. The summed E-state index contributed by atoms with van der Waals surface area (Å²) in [6.07, 6.45) is 0. The molecule has 0 radical (unpaired) electrons. The molecule has 1 N–H and O–H groups in total. The number of nitrogens with zero attached hydrogens (tertiary/aromatic N) is 4. The summed E-state index contributed by atoms with van der Waals surface area (Å²) in [7, 11) is 0. The number of morpholine rings is 1. The normalized spacial score (nSPS) is 14.5. The van der Waals surface area contributed by atoms with Crippen LogP contribution in [0.25, 0.3) is 5.69 Å². The van der Waals surface area contributed by atoms with Gasteiger partial charge in [0.05, 0.1) is 25.5 Å². The summed E-state index contributed by atoms with van der Waals surface area (Å²) in [6, 6.07) is 15.4. The average molecular weight is 458 g/mol. The fraction of sp³-hybridized carbons (Fsp3) is 0.318. The number of para-hydroxylation sites is 1. The molecule has 1 aliphatic heterocycles. The molecule has 0 saturated carbocycles. The van der Waals surface area contributed by atoms with Gasteiger partial charge < -0.3 is 10.1 Å². The molecule has 2 heterocycles. The van der Waals surface area contributed by atoms with E-state index in [1.165, 1.54) is 11.8 Å². The highest BCUT2D eigenvalue weighted by atomic mass is 35.5. The average Bonchev–Trinajstić information content (AvgIpc) is 3.18. The highest BCUT2D eigenvalue weighted by Gasteiger charge is 2.19. The molecule has 0 atom stereocenters. The van der Waals surface area contributed by atoms with E-state index in [-0.39, 0.29) is 11.7 Å². The molecule has 0 unspecified atom stereocenters. The maximum Gasteiger partial charge on any atom is 0.234 e. The van der Waals surface area contributed by atoms with Crippen molar-refractivity contribution in [3.05, 3.63) is 64.9 Å². The summed E-state index contributed by atoms with van der Waals surface area (Å²) in [6.45, 7) is 5.80. The lowest BCUT2D eigenvalue weighted by Gasteiger charge is -2.26. The molecule has 4 rings (SSSR count). The Morgan fingerprint density at radius 2 is 1.94 bits per heavy atom. The zero-order chi connectivity index (χ0) is 21.6. The fourth-order valence-electron chi connectivity index (χ4n) is 3.34. The molecule has 3 aromatic rings. The first-order valence-corrected chi connectivity index (χ1v) is 11.4. The molecule has 162 valence electrons. The first-order valence-electron chi connectivity index (χ1n) is 10.1. The molecule has 9 heteroatoms. The van der Waals surface area contributed by atoms with E-state index in [9.17, 15) is 4.79 Å². The van der Waals surface area contributed by atoms with Gasteiger partial charge in [-0.2, -0.15) is 0 Å². The maximum absolute atomic E-state index is 12.6. The number of ether oxygens (including phenoxy) is 1. The van der Waals surface area contributed by atoms with Gasteiger partial charge in [-0.05, 0) is 36.8 Å². The van der Waals surface area contributed by atoms with Crippen LogP contribution in [0.1, 0.15) is 11.4 Å². The number of nitrogens with one attached hydrogen (secondary N) is 1. The number of hydrogen-bond donors (Lipinski definition) is 1. The van der Waals surface area contributed by atoms with Gasteiger partial charge in [0.25, 0.3) is 0 Å². The first kappa shape index (κ1) is 21.8. The molecule has 1 aromatic heterocycles. The summed E-state index contributed by atoms with van der Waals surface area (Å²) >= 11 is 7.42. The second-order valence-electron chi connectivity index (χ2n) is 7.25. The number of aromatic nitrogens is 3. The topological polar surface area (TPSA) is 72.3 Å². The lowest BCUT2D eigenvalue weighted by Crippen LogP contribution is -2.36. The van der Waals surface area contributed by atoms with Crippen molar-refractivity contribution in [2.75, 3.05) is 37.4 Å². The maximum atomic E-state index is 12.6. The number of benzene rings is 2. The quantitative estimate of drug-likeness (QED) is 0.544. The van der Waals surface area contributed by atoms with E-state index in [0.717, 1.165) is 49.1 Å². The number of thioether (sulfide) groups is 1. The molecule has 1 aliphatic rings. The van der Waals surface area contributed by atoms with Crippen molar-refractivity contribution in [2.24, 2.45) is 0 Å². The van der Waals surface area contributed by atoms with E-state index in [1.54, 1.807) is 12.1 Å². The second kappa shape index (κ2) is 10.3. The van der Waals surface area contributed by atoms with E-state index >= 15 is 0 Å². The summed E-state index contributed by atoms with van der Waals surface area (Å²) in [5, 5.41) is 13.0. The third kappa shape index (κ3) is 5.65. The van der Waals surface area contributed by atoms with Crippen LogP contribution in [0.15, 0.2) is 53.7 Å². The molecule has 1 amide bonds. The van der Waals surface area contributed by atoms with Gasteiger partial charge in [0.1, 0.15) is 0 Å². The van der Waals surface area contributed by atoms with Crippen molar-refractivity contribution >= 4 is 35.0 Å². The minimum atomic E-state index is -0.118. The molecule has 7 nitrogen and oxygen atoms in total. The Bertz CT molecular complexity index is 1040. The largest absolute Gasteiger partial charge is 0.379 e. The van der Waals surface area contributed by atoms with Gasteiger partial charge in [0.15, 0.2) is 11.0 Å². The number of carbonyl (C=O) groups excluding carboxylic acids is 1. The van der Waals surface area contributed by atoms with Gasteiger partial charge in [-0.1, -0.05) is 47.6 Å². The third-order valence-corrected chi connectivity index (χ3v) is 6.15. The van der Waals surface area contributed by atoms with Gasteiger partial charge in [0.2, 0.25) is 5.91 Å². The molecule has 0 aliphatic carbocycles. The Labute approximate surface area is 190 Å². The highest BCUT2D eigenvalue weighted by Crippen LogP contribution is 2.24. The van der Waals surface area contributed by atoms with Crippen LogP contribution >= 0.6 is 23.4 Å². The number of carbonyl (C=O) groups is 1. The number of hydrogen-bond acceptors (Lipinski definition) is 6. The number of aryl methyl sites for hydroxylation is 1. The first-order chi connectivity index (χ1) is 15.1. The van der Waals surface area contributed by atoms with Gasteiger partial charge in [0, 0.05) is 29.5 Å². The van der Waals surface area contributed by atoms with Crippen LogP contribution in [0, 0.1) is 6.92 Å². The smallest absolute Gasteiger partial charge is 0.234 e. The number of amides is 1. The molecule has 31 heavy (non-hydrogen) atoms. The number of halogens is 1. The van der Waals surface area contributed by atoms with Crippen LogP contribution in [0.3, 0.4) is 0 Å². The zero-order valence-electron chi connectivity index (χ0n) is 17.3. The van der Waals surface area contributed by atoms with E-state index < -0.39 is 0 Å². The number of rotatable bonds is 7. The van der Waals surface area contributed by atoms with Crippen molar-refractivity contribution < 1.29 is 9.53 Å². The van der Waals surface area contributed by atoms with E-state index in [4.69, 9.17) is 16.3 Å². The molecule has 1 saturated heterocycles. The summed E-state index contributed by atoms with van der Waals surface area (Å²) in [5.74, 6) is 0.948. The minimum absolute atomic E-state index is 0.118. The van der Waals surface area contributed by atoms with E-state index in [2.05, 4.69) is 20.4 Å². The van der Waals surface area contributed by atoms with E-state index in [0.29, 0.717) is 16.7 Å². The zero-order valence-corrected chi connectivity index (χ0v) is 18.8. The minimum Gasteiger partial charge on any atom is -0.379 e. The molecular weight excluding hydrogens is 434 g/mol. The molecule has 2 aromatic carbocycles. The standard InChI is InChI=1S/C22H24ClN5O2S/c1-16-7-8-17(23)13-19(16)24-21(29)15-31-22-26-25-20(14-27-9-11-30-12-10-27)28(22)18-5-3-2-4-6-18/h2-8,13H,9-12,14-15H2,1H3,(H,24,29). The van der Waals surface area contributed by atoms with Crippen molar-refractivity contribution in [3.8, 4) is 5.69 Å². The van der Waals surface area contributed by atoms with Crippen LogP contribution < -0.4 is 5.32 Å². The van der Waals surface area contributed by atoms with Gasteiger partial charge in [-0.15, -0.1) is 10.2 Å². The molecule has 1 fully saturated rings. The molecule has 0 spiro atoms. The number of anilines is 1. The summed E-state index contributed by atoms with van der Waals surface area (Å²) < 4.78 is 7.47. The predicted molar refractivity (Wildman–Crippen MR) is 123 cm³/mol. The Hall–Kier alpha value is -2.39. The second-order valence-corrected chi connectivity index (χ2v) is 8.63. The van der Waals surface area contributed by atoms with Crippen molar-refractivity contribution in [2.45, 2.75) is 18.6 Å². The van der Waals surface area contributed by atoms with Gasteiger partial charge in [-0.25, -0.2) is 0 Å². The molecular formula is C22H24ClN5O2S. The van der Waals surface area contributed by atoms with Crippen molar-refractivity contribution in [1.82, 2.24) is 19.7 Å². The van der Waals surface area contributed by atoms with Gasteiger partial charge in [-0.3, -0.25) is 14.3 Å². The Balaban J connectivity index is 1.49. The summed E-state index contributed by atoms with van der Waals surface area (Å²) in [5.41, 5.74) is 2.66. The Morgan fingerprint density at radius 1 is 1.16 bits per heavy atom. The van der Waals surface area contributed by atoms with Crippen LogP contribution in [0.5, 0.6) is 0 Å². The van der Waals surface area contributed by atoms with Crippen LogP contribution in [0.4, 0.5) is 5.69 Å². The molecule has 0 bridgehead atoms. The van der Waals surface area contributed by atoms with Crippen molar-refractivity contribution in [3.63, 3.8) is 0 Å². The van der Waals surface area contributed by atoms with Crippen molar-refractivity contribution in [1.29, 1.82) is 0 Å². The Morgan fingerprint density at radius 3 is 2.71 bits per heavy atom. The third-order valence-electron chi connectivity index (χ3n) is 4.99. The lowest BCUT2D eigenvalue weighted by atomic mass is 10.2. The highest BCUT2D eigenvalue weighted by molar-refractivity contribution is 7.99. The van der Waals surface area contributed by atoms with Crippen LogP contribution in [0.2, 0.25) is 5.02 Å². The van der Waals surface area contributed by atoms with E-state index in [1.807, 2.05) is 47.9 Å². The summed E-state index contributed by atoms with van der Waals surface area (Å²) in [4.78, 5) is 14.9. The van der Waals surface area contributed by atoms with Gasteiger partial charge >= 0.3 is 0 Å². The monoisotopic (exact) mass is 457 g/mol. The predicted octanol–water partition coefficient (Wildman–Crippen LogP) is 3.79.